The van der Waals surface area contributed by atoms with Crippen LogP contribution >= 0.6 is 0 Å². The van der Waals surface area contributed by atoms with Crippen molar-refractivity contribution < 1.29 is 14.0 Å². The summed E-state index contributed by atoms with van der Waals surface area (Å²) in [6.45, 7) is 12.9. The first-order valence-corrected chi connectivity index (χ1v) is 6.85. The number of hydrogen-bond acceptors (Lipinski definition) is 3. The molecule has 2 rings (SSSR count). The highest BCUT2D eigenvalue weighted by Gasteiger charge is 2.51. The molecule has 1 aliphatic rings. The molecule has 0 unspecified atom stereocenters. The molecule has 4 heteroatoms. The van der Waals surface area contributed by atoms with Crippen LogP contribution in [0.25, 0.3) is 0 Å². The maximum absolute atomic E-state index is 6.06. The standard InChI is InChI=1S/C15H23BO3/c1-7-17-13-9-11(2)8-12(10-13)16-18-14(3,4)15(5,6)19-16/h8-10H,7H2,1-6H3. The molecule has 0 spiro atoms. The SMILES string of the molecule is CCOc1cc(C)cc(B2OC(C)(C)C(C)(C)O2)c1. The first-order valence-electron chi connectivity index (χ1n) is 6.85. The van der Waals surface area contributed by atoms with E-state index in [9.17, 15) is 0 Å². The number of rotatable bonds is 3. The van der Waals surface area contributed by atoms with Gasteiger partial charge in [0.1, 0.15) is 5.75 Å². The zero-order chi connectivity index (χ0) is 14.3. The lowest BCUT2D eigenvalue weighted by Crippen LogP contribution is -2.41. The first kappa shape index (κ1) is 14.4. The Morgan fingerprint density at radius 3 is 2.16 bits per heavy atom. The predicted octanol–water partition coefficient (Wildman–Crippen LogP) is 2.69. The second-order valence-corrected chi connectivity index (χ2v) is 6.10. The van der Waals surface area contributed by atoms with Crippen molar-refractivity contribution in [2.24, 2.45) is 0 Å². The van der Waals surface area contributed by atoms with Gasteiger partial charge in [0, 0.05) is 0 Å². The number of benzene rings is 1. The van der Waals surface area contributed by atoms with Crippen LogP contribution in [0.1, 0.15) is 40.2 Å². The molecule has 1 aromatic rings. The van der Waals surface area contributed by atoms with E-state index >= 15 is 0 Å². The van der Waals surface area contributed by atoms with Crippen LogP contribution in [0.3, 0.4) is 0 Å². The lowest BCUT2D eigenvalue weighted by Gasteiger charge is -2.32. The highest BCUT2D eigenvalue weighted by Crippen LogP contribution is 2.36. The van der Waals surface area contributed by atoms with Crippen LogP contribution in [0.15, 0.2) is 18.2 Å². The van der Waals surface area contributed by atoms with Crippen molar-refractivity contribution in [2.75, 3.05) is 6.61 Å². The number of ether oxygens (including phenoxy) is 1. The Balaban J connectivity index is 2.29. The Morgan fingerprint density at radius 2 is 1.63 bits per heavy atom. The summed E-state index contributed by atoms with van der Waals surface area (Å²) in [6.07, 6.45) is 0. The lowest BCUT2D eigenvalue weighted by molar-refractivity contribution is 0.00578. The van der Waals surface area contributed by atoms with Crippen molar-refractivity contribution >= 4 is 12.6 Å². The van der Waals surface area contributed by atoms with E-state index in [1.54, 1.807) is 0 Å². The van der Waals surface area contributed by atoms with Gasteiger partial charge in [0.15, 0.2) is 0 Å². The molecule has 0 aromatic heterocycles. The van der Waals surface area contributed by atoms with E-state index in [1.807, 2.05) is 19.1 Å². The van der Waals surface area contributed by atoms with E-state index in [1.165, 1.54) is 0 Å². The van der Waals surface area contributed by atoms with E-state index < -0.39 is 0 Å². The second-order valence-electron chi connectivity index (χ2n) is 6.10. The molecule has 1 aromatic carbocycles. The Labute approximate surface area is 116 Å². The van der Waals surface area contributed by atoms with Gasteiger partial charge in [0.2, 0.25) is 0 Å². The third-order valence-electron chi connectivity index (χ3n) is 3.91. The third kappa shape index (κ3) is 2.80. The molecule has 1 fully saturated rings. The molecule has 0 saturated carbocycles. The molecule has 0 aliphatic carbocycles. The predicted molar refractivity (Wildman–Crippen MR) is 78.1 cm³/mol. The third-order valence-corrected chi connectivity index (χ3v) is 3.91. The molecule has 1 saturated heterocycles. The molecular formula is C15H23BO3. The summed E-state index contributed by atoms with van der Waals surface area (Å²) in [5.74, 6) is 0.868. The molecule has 0 atom stereocenters. The summed E-state index contributed by atoms with van der Waals surface area (Å²) in [4.78, 5) is 0. The Kier molecular flexibility index (Phi) is 3.67. The van der Waals surface area contributed by atoms with Crippen LogP contribution in [0.4, 0.5) is 0 Å². The van der Waals surface area contributed by atoms with Gasteiger partial charge in [-0.2, -0.15) is 0 Å². The first-order chi connectivity index (χ1) is 8.75. The average Bonchev–Trinajstić information content (AvgIpc) is 2.48. The molecule has 19 heavy (non-hydrogen) atoms. The minimum Gasteiger partial charge on any atom is -0.494 e. The zero-order valence-corrected chi connectivity index (χ0v) is 12.7. The highest BCUT2D eigenvalue weighted by atomic mass is 16.7. The van der Waals surface area contributed by atoms with Crippen LogP contribution in [-0.4, -0.2) is 24.9 Å². The van der Waals surface area contributed by atoms with Gasteiger partial charge in [-0.25, -0.2) is 0 Å². The van der Waals surface area contributed by atoms with Gasteiger partial charge in [-0.1, -0.05) is 6.07 Å². The molecule has 1 heterocycles. The minimum absolute atomic E-state index is 0.312. The van der Waals surface area contributed by atoms with Gasteiger partial charge in [0.05, 0.1) is 17.8 Å². The quantitative estimate of drug-likeness (QED) is 0.784. The smallest absolute Gasteiger partial charge is 0.494 e. The van der Waals surface area contributed by atoms with Crippen molar-refractivity contribution in [2.45, 2.75) is 52.7 Å². The Hall–Kier alpha value is -0.995. The van der Waals surface area contributed by atoms with Gasteiger partial charge < -0.3 is 14.0 Å². The van der Waals surface area contributed by atoms with Crippen molar-refractivity contribution in [3.8, 4) is 5.75 Å². The zero-order valence-electron chi connectivity index (χ0n) is 12.7. The van der Waals surface area contributed by atoms with Crippen LogP contribution < -0.4 is 10.2 Å². The van der Waals surface area contributed by atoms with Crippen LogP contribution in [0.2, 0.25) is 0 Å². The molecule has 0 radical (unpaired) electrons. The van der Waals surface area contributed by atoms with Crippen LogP contribution in [0.5, 0.6) is 5.75 Å². The van der Waals surface area contributed by atoms with E-state index in [4.69, 9.17) is 14.0 Å². The van der Waals surface area contributed by atoms with Gasteiger partial charge in [-0.15, -0.1) is 0 Å². The van der Waals surface area contributed by atoms with Gasteiger partial charge in [-0.05, 0) is 64.7 Å². The van der Waals surface area contributed by atoms with Gasteiger partial charge in [-0.3, -0.25) is 0 Å². The monoisotopic (exact) mass is 262 g/mol. The maximum Gasteiger partial charge on any atom is 0.494 e. The van der Waals surface area contributed by atoms with Crippen LogP contribution in [0, 0.1) is 6.92 Å². The Morgan fingerprint density at radius 1 is 1.05 bits per heavy atom. The Bertz CT molecular complexity index is 452. The molecule has 0 bridgehead atoms. The second kappa shape index (κ2) is 4.84. The minimum atomic E-state index is -0.330. The van der Waals surface area contributed by atoms with Crippen molar-refractivity contribution in [3.05, 3.63) is 23.8 Å². The number of aryl methyl sites for hydroxylation is 1. The maximum atomic E-state index is 6.06. The summed E-state index contributed by atoms with van der Waals surface area (Å²) in [6, 6.07) is 6.11. The van der Waals surface area contributed by atoms with Crippen molar-refractivity contribution in [1.82, 2.24) is 0 Å². The number of hydrogen-bond donors (Lipinski definition) is 0. The van der Waals surface area contributed by atoms with E-state index in [2.05, 4.69) is 40.7 Å². The fourth-order valence-corrected chi connectivity index (χ4v) is 2.14. The summed E-state index contributed by atoms with van der Waals surface area (Å²) < 4.78 is 17.7. The molecule has 0 amide bonds. The molecule has 1 aliphatic heterocycles. The normalized spacial score (nSPS) is 20.6. The summed E-state index contributed by atoms with van der Waals surface area (Å²) in [7, 11) is -0.330. The molecular weight excluding hydrogens is 239 g/mol. The summed E-state index contributed by atoms with van der Waals surface area (Å²) in [5, 5.41) is 0. The van der Waals surface area contributed by atoms with E-state index in [0.29, 0.717) is 6.61 Å². The molecule has 0 N–H and O–H groups in total. The topological polar surface area (TPSA) is 27.7 Å². The summed E-state index contributed by atoms with van der Waals surface area (Å²) in [5.41, 5.74) is 1.54. The van der Waals surface area contributed by atoms with Gasteiger partial charge in [0.25, 0.3) is 0 Å². The van der Waals surface area contributed by atoms with Crippen molar-refractivity contribution in [1.29, 1.82) is 0 Å². The lowest BCUT2D eigenvalue weighted by atomic mass is 9.78. The fourth-order valence-electron chi connectivity index (χ4n) is 2.14. The van der Waals surface area contributed by atoms with Gasteiger partial charge >= 0.3 is 7.12 Å². The van der Waals surface area contributed by atoms with Crippen LogP contribution in [-0.2, 0) is 9.31 Å². The van der Waals surface area contributed by atoms with E-state index in [0.717, 1.165) is 16.8 Å². The average molecular weight is 262 g/mol. The largest absolute Gasteiger partial charge is 0.494 e. The van der Waals surface area contributed by atoms with E-state index in [-0.39, 0.29) is 18.3 Å². The highest BCUT2D eigenvalue weighted by molar-refractivity contribution is 6.62. The molecule has 3 nitrogen and oxygen atoms in total. The molecule has 104 valence electrons. The van der Waals surface area contributed by atoms with Crippen molar-refractivity contribution in [3.63, 3.8) is 0 Å². The fraction of sp³-hybridized carbons (Fsp3) is 0.600. The summed E-state index contributed by atoms with van der Waals surface area (Å²) >= 11 is 0.